The Morgan fingerprint density at radius 2 is 2.11 bits per heavy atom. The molecule has 0 bridgehead atoms. The highest BCUT2D eigenvalue weighted by Gasteiger charge is 2.18. The summed E-state index contributed by atoms with van der Waals surface area (Å²) < 4.78 is 0. The first kappa shape index (κ1) is 14.4. The van der Waals surface area contributed by atoms with E-state index in [0.29, 0.717) is 0 Å². The molecule has 104 valence electrons. The summed E-state index contributed by atoms with van der Waals surface area (Å²) in [5.41, 5.74) is 2.42. The number of rotatable bonds is 8. The van der Waals surface area contributed by atoms with Gasteiger partial charge in [-0.1, -0.05) is 32.6 Å². The van der Waals surface area contributed by atoms with E-state index in [4.69, 9.17) is 0 Å². The van der Waals surface area contributed by atoms with E-state index in [1.54, 1.807) is 4.90 Å². The molecular weight excluding hydrogens is 254 g/mol. The fraction of sp³-hybridized carbons (Fsp3) is 0.562. The number of thioether (sulfide) groups is 1. The number of nitrogens with zero attached hydrogens (tertiary/aromatic N) is 1. The summed E-state index contributed by atoms with van der Waals surface area (Å²) >= 11 is 1.95. The summed E-state index contributed by atoms with van der Waals surface area (Å²) in [4.78, 5) is 14.0. The van der Waals surface area contributed by atoms with Gasteiger partial charge in [-0.15, -0.1) is 11.8 Å². The second kappa shape index (κ2) is 7.59. The fourth-order valence-electron chi connectivity index (χ4n) is 2.50. The Morgan fingerprint density at radius 1 is 1.26 bits per heavy atom. The maximum Gasteiger partial charge on any atom is 0.214 e. The standard InChI is InChI=1S/C16H23NOS/c1-2-3-4-5-6-11-19-15-7-8-16-14(12-15)9-10-17(16)13-18/h7-8,12-13H,2-6,9-11H2,1H3. The van der Waals surface area contributed by atoms with Crippen molar-refractivity contribution in [1.29, 1.82) is 0 Å². The zero-order valence-electron chi connectivity index (χ0n) is 11.7. The molecule has 0 spiro atoms. The first-order valence-corrected chi connectivity index (χ1v) is 8.31. The minimum Gasteiger partial charge on any atom is -0.314 e. The number of hydrogen-bond acceptors (Lipinski definition) is 2. The number of carbonyl (C=O) groups is 1. The van der Waals surface area contributed by atoms with Crippen LogP contribution in [0.3, 0.4) is 0 Å². The van der Waals surface area contributed by atoms with Crippen LogP contribution in [0.1, 0.15) is 44.6 Å². The van der Waals surface area contributed by atoms with E-state index >= 15 is 0 Å². The van der Waals surface area contributed by atoms with E-state index in [9.17, 15) is 4.79 Å². The molecular formula is C16H23NOS. The predicted octanol–water partition coefficient (Wildman–Crippen LogP) is 4.27. The number of unbranched alkanes of at least 4 members (excludes halogenated alkanes) is 4. The maximum absolute atomic E-state index is 10.9. The smallest absolute Gasteiger partial charge is 0.214 e. The normalized spacial score (nSPS) is 13.6. The molecule has 0 aliphatic carbocycles. The van der Waals surface area contributed by atoms with Crippen molar-refractivity contribution in [2.45, 2.75) is 50.3 Å². The molecule has 19 heavy (non-hydrogen) atoms. The number of carbonyl (C=O) groups excluding carboxylic acids is 1. The van der Waals surface area contributed by atoms with Gasteiger partial charge >= 0.3 is 0 Å². The van der Waals surface area contributed by atoms with Crippen molar-refractivity contribution in [2.24, 2.45) is 0 Å². The average molecular weight is 277 g/mol. The lowest BCUT2D eigenvalue weighted by molar-refractivity contribution is -0.107. The minimum atomic E-state index is 0.837. The van der Waals surface area contributed by atoms with Crippen LogP contribution in [0.25, 0.3) is 0 Å². The monoisotopic (exact) mass is 277 g/mol. The molecule has 1 amide bonds. The van der Waals surface area contributed by atoms with Gasteiger partial charge in [-0.3, -0.25) is 4.79 Å². The first-order valence-electron chi connectivity index (χ1n) is 7.33. The van der Waals surface area contributed by atoms with E-state index in [0.717, 1.165) is 25.1 Å². The molecule has 0 N–H and O–H groups in total. The molecule has 2 rings (SSSR count). The van der Waals surface area contributed by atoms with Crippen molar-refractivity contribution < 1.29 is 4.79 Å². The topological polar surface area (TPSA) is 20.3 Å². The second-order valence-corrected chi connectivity index (χ2v) is 6.27. The van der Waals surface area contributed by atoms with Crippen molar-refractivity contribution in [2.75, 3.05) is 17.2 Å². The molecule has 2 nitrogen and oxygen atoms in total. The summed E-state index contributed by atoms with van der Waals surface area (Å²) in [5, 5.41) is 0. The van der Waals surface area contributed by atoms with Crippen LogP contribution in [0.4, 0.5) is 5.69 Å². The Hall–Kier alpha value is -0.960. The fourth-order valence-corrected chi connectivity index (χ4v) is 3.47. The third-order valence-corrected chi connectivity index (χ3v) is 4.71. The van der Waals surface area contributed by atoms with E-state index in [1.807, 2.05) is 11.8 Å². The molecule has 0 unspecified atom stereocenters. The molecule has 0 atom stereocenters. The second-order valence-electron chi connectivity index (χ2n) is 5.10. The zero-order chi connectivity index (χ0) is 13.5. The van der Waals surface area contributed by atoms with Crippen LogP contribution in [-0.4, -0.2) is 18.7 Å². The molecule has 0 fully saturated rings. The third kappa shape index (κ3) is 4.00. The van der Waals surface area contributed by atoms with Crippen LogP contribution >= 0.6 is 11.8 Å². The van der Waals surface area contributed by atoms with Gasteiger partial charge in [0.25, 0.3) is 0 Å². The van der Waals surface area contributed by atoms with Crippen LogP contribution in [0.15, 0.2) is 23.1 Å². The number of hydrogen-bond donors (Lipinski definition) is 0. The number of anilines is 1. The van der Waals surface area contributed by atoms with Crippen LogP contribution in [0.2, 0.25) is 0 Å². The molecule has 1 aromatic rings. The van der Waals surface area contributed by atoms with Gasteiger partial charge in [0.2, 0.25) is 6.41 Å². The van der Waals surface area contributed by atoms with E-state index in [1.165, 1.54) is 48.3 Å². The van der Waals surface area contributed by atoms with E-state index < -0.39 is 0 Å². The van der Waals surface area contributed by atoms with Gasteiger partial charge in [0, 0.05) is 17.1 Å². The molecule has 1 aliphatic heterocycles. The molecule has 0 radical (unpaired) electrons. The molecule has 0 saturated heterocycles. The molecule has 1 aliphatic rings. The van der Waals surface area contributed by atoms with E-state index in [-0.39, 0.29) is 0 Å². The third-order valence-electron chi connectivity index (χ3n) is 3.63. The van der Waals surface area contributed by atoms with Gasteiger partial charge < -0.3 is 4.90 Å². The Morgan fingerprint density at radius 3 is 2.89 bits per heavy atom. The molecule has 0 aromatic heterocycles. The quantitative estimate of drug-likeness (QED) is 0.402. The lowest BCUT2D eigenvalue weighted by Crippen LogP contribution is -2.17. The van der Waals surface area contributed by atoms with Crippen molar-refractivity contribution >= 4 is 23.9 Å². The molecule has 0 saturated carbocycles. The Kier molecular flexibility index (Phi) is 5.77. The summed E-state index contributed by atoms with van der Waals surface area (Å²) in [6.07, 6.45) is 8.64. The lowest BCUT2D eigenvalue weighted by atomic mass is 10.2. The van der Waals surface area contributed by atoms with Crippen molar-refractivity contribution in [3.63, 3.8) is 0 Å². The highest BCUT2D eigenvalue weighted by atomic mass is 32.2. The van der Waals surface area contributed by atoms with Crippen LogP contribution < -0.4 is 4.90 Å². The molecule has 3 heteroatoms. The Labute approximate surface area is 120 Å². The van der Waals surface area contributed by atoms with E-state index in [2.05, 4.69) is 25.1 Å². The van der Waals surface area contributed by atoms with Gasteiger partial charge in [0.1, 0.15) is 0 Å². The molecule has 1 aromatic carbocycles. The molecule has 1 heterocycles. The van der Waals surface area contributed by atoms with Gasteiger partial charge in [-0.25, -0.2) is 0 Å². The Balaban J connectivity index is 1.78. The predicted molar refractivity (Wildman–Crippen MR) is 83.0 cm³/mol. The number of benzene rings is 1. The summed E-state index contributed by atoms with van der Waals surface area (Å²) in [6.45, 7) is 3.09. The van der Waals surface area contributed by atoms with Gasteiger partial charge in [-0.05, 0) is 42.4 Å². The highest BCUT2D eigenvalue weighted by molar-refractivity contribution is 7.99. The zero-order valence-corrected chi connectivity index (χ0v) is 12.5. The van der Waals surface area contributed by atoms with Gasteiger partial charge in [0.15, 0.2) is 0 Å². The van der Waals surface area contributed by atoms with Crippen LogP contribution in [0, 0.1) is 0 Å². The lowest BCUT2D eigenvalue weighted by Gasteiger charge is -2.10. The van der Waals surface area contributed by atoms with Gasteiger partial charge in [-0.2, -0.15) is 0 Å². The summed E-state index contributed by atoms with van der Waals surface area (Å²) in [6, 6.07) is 6.50. The first-order chi connectivity index (χ1) is 9.35. The van der Waals surface area contributed by atoms with Crippen molar-refractivity contribution in [3.8, 4) is 0 Å². The number of amides is 1. The average Bonchev–Trinajstić information content (AvgIpc) is 2.85. The Bertz CT molecular complexity index is 419. The maximum atomic E-state index is 10.9. The van der Waals surface area contributed by atoms with Crippen LogP contribution in [0.5, 0.6) is 0 Å². The largest absolute Gasteiger partial charge is 0.314 e. The highest BCUT2D eigenvalue weighted by Crippen LogP contribution is 2.31. The summed E-state index contributed by atoms with van der Waals surface area (Å²) in [7, 11) is 0. The van der Waals surface area contributed by atoms with Gasteiger partial charge in [0.05, 0.1) is 0 Å². The SMILES string of the molecule is CCCCCCCSc1ccc2c(c1)CCN2C=O. The number of fused-ring (bicyclic) bond motifs is 1. The van der Waals surface area contributed by atoms with Crippen molar-refractivity contribution in [1.82, 2.24) is 0 Å². The minimum absolute atomic E-state index is 0.837. The van der Waals surface area contributed by atoms with Crippen LogP contribution in [-0.2, 0) is 11.2 Å². The summed E-state index contributed by atoms with van der Waals surface area (Å²) in [5.74, 6) is 1.21. The van der Waals surface area contributed by atoms with Crippen molar-refractivity contribution in [3.05, 3.63) is 23.8 Å².